The van der Waals surface area contributed by atoms with Crippen molar-refractivity contribution < 1.29 is 9.90 Å². The molecule has 1 aromatic carbocycles. The Morgan fingerprint density at radius 2 is 2.00 bits per heavy atom. The fourth-order valence-corrected chi connectivity index (χ4v) is 3.79. The molecule has 1 saturated carbocycles. The molecule has 4 nitrogen and oxygen atoms in total. The van der Waals surface area contributed by atoms with Crippen LogP contribution in [0.5, 0.6) is 5.75 Å². The SMILES string of the molecule is O=C(Cc1ccccc1O)NC1CCN(CC2CCCC2)C1. The van der Waals surface area contributed by atoms with E-state index in [2.05, 4.69) is 10.2 Å². The minimum atomic E-state index is 0.00853. The van der Waals surface area contributed by atoms with E-state index in [4.69, 9.17) is 0 Å². The number of amides is 1. The van der Waals surface area contributed by atoms with E-state index in [-0.39, 0.29) is 24.1 Å². The first-order chi connectivity index (χ1) is 10.7. The molecule has 1 aromatic rings. The van der Waals surface area contributed by atoms with Crippen LogP contribution in [-0.2, 0) is 11.2 Å². The maximum atomic E-state index is 12.1. The van der Waals surface area contributed by atoms with Crippen LogP contribution < -0.4 is 5.32 Å². The van der Waals surface area contributed by atoms with Crippen LogP contribution in [0.1, 0.15) is 37.7 Å². The van der Waals surface area contributed by atoms with E-state index in [1.807, 2.05) is 6.07 Å². The van der Waals surface area contributed by atoms with Gasteiger partial charge in [0.15, 0.2) is 0 Å². The molecule has 2 aliphatic rings. The molecule has 1 heterocycles. The zero-order chi connectivity index (χ0) is 15.4. The average molecular weight is 302 g/mol. The van der Waals surface area contributed by atoms with Crippen molar-refractivity contribution in [3.63, 3.8) is 0 Å². The van der Waals surface area contributed by atoms with Gasteiger partial charge in [-0.1, -0.05) is 31.0 Å². The molecule has 3 rings (SSSR count). The highest BCUT2D eigenvalue weighted by molar-refractivity contribution is 5.79. The van der Waals surface area contributed by atoms with Crippen LogP contribution in [0.4, 0.5) is 0 Å². The first-order valence-corrected chi connectivity index (χ1v) is 8.49. The van der Waals surface area contributed by atoms with Gasteiger partial charge in [0.1, 0.15) is 5.75 Å². The van der Waals surface area contributed by atoms with E-state index in [1.165, 1.54) is 32.2 Å². The summed E-state index contributed by atoms with van der Waals surface area (Å²) in [6, 6.07) is 7.31. The number of nitrogens with one attached hydrogen (secondary N) is 1. The molecule has 2 fully saturated rings. The van der Waals surface area contributed by atoms with E-state index >= 15 is 0 Å². The largest absolute Gasteiger partial charge is 0.508 e. The smallest absolute Gasteiger partial charge is 0.224 e. The average Bonchev–Trinajstić information content (AvgIpc) is 3.14. The molecule has 4 heteroatoms. The summed E-state index contributed by atoms with van der Waals surface area (Å²) in [5.74, 6) is 1.08. The Labute approximate surface area is 132 Å². The molecule has 120 valence electrons. The van der Waals surface area contributed by atoms with E-state index in [1.54, 1.807) is 18.2 Å². The molecule has 1 amide bonds. The Hall–Kier alpha value is -1.55. The van der Waals surface area contributed by atoms with Crippen molar-refractivity contribution in [2.45, 2.75) is 44.6 Å². The van der Waals surface area contributed by atoms with Crippen molar-refractivity contribution in [1.29, 1.82) is 0 Å². The molecule has 1 unspecified atom stereocenters. The van der Waals surface area contributed by atoms with E-state index in [0.29, 0.717) is 5.56 Å². The summed E-state index contributed by atoms with van der Waals surface area (Å²) < 4.78 is 0. The monoisotopic (exact) mass is 302 g/mol. The quantitative estimate of drug-likeness (QED) is 0.877. The highest BCUT2D eigenvalue weighted by Crippen LogP contribution is 2.26. The van der Waals surface area contributed by atoms with Gasteiger partial charge in [-0.2, -0.15) is 0 Å². The fraction of sp³-hybridized carbons (Fsp3) is 0.611. The van der Waals surface area contributed by atoms with Crippen LogP contribution in [0.15, 0.2) is 24.3 Å². The lowest BCUT2D eigenvalue weighted by Crippen LogP contribution is -2.38. The summed E-state index contributed by atoms with van der Waals surface area (Å²) >= 11 is 0. The van der Waals surface area contributed by atoms with Gasteiger partial charge in [0.05, 0.1) is 6.42 Å². The molecule has 0 aromatic heterocycles. The van der Waals surface area contributed by atoms with Crippen LogP contribution in [0.2, 0.25) is 0 Å². The molecule has 0 radical (unpaired) electrons. The van der Waals surface area contributed by atoms with Gasteiger partial charge in [-0.15, -0.1) is 0 Å². The Morgan fingerprint density at radius 1 is 1.23 bits per heavy atom. The fourth-order valence-electron chi connectivity index (χ4n) is 3.79. The second kappa shape index (κ2) is 7.14. The lowest BCUT2D eigenvalue weighted by Gasteiger charge is -2.20. The third-order valence-electron chi connectivity index (χ3n) is 4.97. The number of phenolic OH excluding ortho intramolecular Hbond substituents is 1. The topological polar surface area (TPSA) is 52.6 Å². The number of phenols is 1. The highest BCUT2D eigenvalue weighted by Gasteiger charge is 2.26. The van der Waals surface area contributed by atoms with Crippen LogP contribution >= 0.6 is 0 Å². The first kappa shape index (κ1) is 15.3. The molecular formula is C18H26N2O2. The first-order valence-electron chi connectivity index (χ1n) is 8.49. The number of nitrogens with zero attached hydrogens (tertiary/aromatic N) is 1. The number of carbonyl (C=O) groups is 1. The van der Waals surface area contributed by atoms with E-state index in [9.17, 15) is 9.90 Å². The molecule has 1 aliphatic heterocycles. The zero-order valence-electron chi connectivity index (χ0n) is 13.1. The number of hydrogen-bond acceptors (Lipinski definition) is 3. The number of likely N-dealkylation sites (tertiary alicyclic amines) is 1. The Balaban J connectivity index is 1.43. The number of benzene rings is 1. The standard InChI is InChI=1S/C18H26N2O2/c21-17-8-4-3-7-15(17)11-18(22)19-16-9-10-20(13-16)12-14-5-1-2-6-14/h3-4,7-8,14,16,21H,1-2,5-6,9-13H2,(H,19,22). The van der Waals surface area contributed by atoms with Gasteiger partial charge in [0.25, 0.3) is 0 Å². The Kier molecular flexibility index (Phi) is 4.98. The predicted molar refractivity (Wildman–Crippen MR) is 86.8 cm³/mol. The lowest BCUT2D eigenvalue weighted by molar-refractivity contribution is -0.121. The summed E-state index contributed by atoms with van der Waals surface area (Å²) in [6.45, 7) is 3.27. The molecule has 1 saturated heterocycles. The minimum Gasteiger partial charge on any atom is -0.508 e. The van der Waals surface area contributed by atoms with Crippen molar-refractivity contribution in [2.75, 3.05) is 19.6 Å². The second-order valence-electron chi connectivity index (χ2n) is 6.77. The van der Waals surface area contributed by atoms with Crippen molar-refractivity contribution in [3.8, 4) is 5.75 Å². The molecule has 22 heavy (non-hydrogen) atoms. The van der Waals surface area contributed by atoms with Gasteiger partial charge in [0, 0.05) is 31.2 Å². The maximum Gasteiger partial charge on any atom is 0.224 e. The van der Waals surface area contributed by atoms with Gasteiger partial charge in [-0.25, -0.2) is 0 Å². The molecule has 0 bridgehead atoms. The van der Waals surface area contributed by atoms with Crippen LogP contribution in [0, 0.1) is 5.92 Å². The maximum absolute atomic E-state index is 12.1. The Bertz CT molecular complexity index is 512. The van der Waals surface area contributed by atoms with E-state index in [0.717, 1.165) is 25.4 Å². The predicted octanol–water partition coefficient (Wildman–Crippen LogP) is 2.32. The molecule has 1 atom stereocenters. The van der Waals surface area contributed by atoms with Crippen molar-refractivity contribution in [3.05, 3.63) is 29.8 Å². The molecule has 2 N–H and O–H groups in total. The zero-order valence-corrected chi connectivity index (χ0v) is 13.1. The van der Waals surface area contributed by atoms with E-state index < -0.39 is 0 Å². The Morgan fingerprint density at radius 3 is 2.77 bits per heavy atom. The second-order valence-corrected chi connectivity index (χ2v) is 6.77. The number of carbonyl (C=O) groups excluding carboxylic acids is 1. The van der Waals surface area contributed by atoms with Crippen molar-refractivity contribution >= 4 is 5.91 Å². The van der Waals surface area contributed by atoms with Gasteiger partial charge in [-0.3, -0.25) is 4.79 Å². The van der Waals surface area contributed by atoms with Gasteiger partial charge >= 0.3 is 0 Å². The summed E-state index contributed by atoms with van der Waals surface area (Å²) in [4.78, 5) is 14.6. The molecular weight excluding hydrogens is 276 g/mol. The lowest BCUT2D eigenvalue weighted by atomic mass is 10.1. The van der Waals surface area contributed by atoms with Crippen LogP contribution in [-0.4, -0.2) is 41.6 Å². The highest BCUT2D eigenvalue weighted by atomic mass is 16.3. The molecule has 1 aliphatic carbocycles. The minimum absolute atomic E-state index is 0.00853. The van der Waals surface area contributed by atoms with Gasteiger partial charge < -0.3 is 15.3 Å². The third-order valence-corrected chi connectivity index (χ3v) is 4.97. The number of hydrogen-bond donors (Lipinski definition) is 2. The van der Waals surface area contributed by atoms with Crippen molar-refractivity contribution in [2.24, 2.45) is 5.92 Å². The van der Waals surface area contributed by atoms with Gasteiger partial charge in [-0.05, 0) is 31.2 Å². The summed E-state index contributed by atoms with van der Waals surface area (Å²) in [5, 5.41) is 12.9. The third kappa shape index (κ3) is 4.01. The summed E-state index contributed by atoms with van der Waals surface area (Å²) in [5.41, 5.74) is 0.695. The summed E-state index contributed by atoms with van der Waals surface area (Å²) in [7, 11) is 0. The number of rotatable bonds is 5. The normalized spacial score (nSPS) is 23.0. The molecule has 0 spiro atoms. The number of aromatic hydroxyl groups is 1. The van der Waals surface area contributed by atoms with Crippen molar-refractivity contribution in [1.82, 2.24) is 10.2 Å². The summed E-state index contributed by atoms with van der Waals surface area (Å²) in [6.07, 6.45) is 6.82. The van der Waals surface area contributed by atoms with Crippen LogP contribution in [0.25, 0.3) is 0 Å². The van der Waals surface area contributed by atoms with Gasteiger partial charge in [0.2, 0.25) is 5.91 Å². The number of para-hydroxylation sites is 1. The van der Waals surface area contributed by atoms with Crippen LogP contribution in [0.3, 0.4) is 0 Å².